The van der Waals surface area contributed by atoms with Crippen LogP contribution in [-0.2, 0) is 6.42 Å². The van der Waals surface area contributed by atoms with E-state index in [-0.39, 0.29) is 16.9 Å². The van der Waals surface area contributed by atoms with Crippen LogP contribution < -0.4 is 5.56 Å². The number of carbonyl (C=O) groups excluding carboxylic acids is 1. The number of hydrogen-bond acceptors (Lipinski definition) is 2. The van der Waals surface area contributed by atoms with E-state index in [0.717, 1.165) is 6.42 Å². The summed E-state index contributed by atoms with van der Waals surface area (Å²) in [6.07, 6.45) is 2.44. The van der Waals surface area contributed by atoms with E-state index in [1.54, 1.807) is 18.2 Å². The molecule has 2 rings (SSSR count). The van der Waals surface area contributed by atoms with Crippen molar-refractivity contribution in [1.82, 2.24) is 4.98 Å². The summed E-state index contributed by atoms with van der Waals surface area (Å²) in [5.74, 6) is -0.241. The average molecular weight is 227 g/mol. The lowest BCUT2D eigenvalue weighted by atomic mass is 10.0. The van der Waals surface area contributed by atoms with Crippen LogP contribution in [0.4, 0.5) is 0 Å². The second-order valence-electron chi connectivity index (χ2n) is 3.79. The van der Waals surface area contributed by atoms with Gasteiger partial charge in [-0.15, -0.1) is 0 Å². The number of pyridine rings is 1. The number of benzene rings is 1. The molecule has 1 N–H and O–H groups in total. The molecule has 3 heteroatoms. The summed E-state index contributed by atoms with van der Waals surface area (Å²) in [5, 5.41) is 0. The van der Waals surface area contributed by atoms with Gasteiger partial charge in [0.25, 0.3) is 5.56 Å². The largest absolute Gasteiger partial charge is 0.328 e. The summed E-state index contributed by atoms with van der Waals surface area (Å²) in [5.41, 5.74) is 1.54. The molecule has 1 aromatic heterocycles. The number of carbonyl (C=O) groups is 1. The number of aryl methyl sites for hydroxylation is 1. The first-order valence-electron chi connectivity index (χ1n) is 5.53. The minimum atomic E-state index is -0.350. The van der Waals surface area contributed by atoms with Gasteiger partial charge in [0.2, 0.25) is 0 Å². The normalized spacial score (nSPS) is 10.2. The van der Waals surface area contributed by atoms with Crippen molar-refractivity contribution in [2.45, 2.75) is 13.3 Å². The first-order chi connectivity index (χ1) is 8.22. The van der Waals surface area contributed by atoms with E-state index in [9.17, 15) is 9.59 Å². The van der Waals surface area contributed by atoms with Gasteiger partial charge < -0.3 is 4.98 Å². The minimum absolute atomic E-state index is 0.178. The highest BCUT2D eigenvalue weighted by atomic mass is 16.1. The molecule has 0 fully saturated rings. The van der Waals surface area contributed by atoms with Crippen molar-refractivity contribution in [2.75, 3.05) is 0 Å². The van der Waals surface area contributed by atoms with Gasteiger partial charge in [0, 0.05) is 11.8 Å². The first kappa shape index (κ1) is 11.3. The van der Waals surface area contributed by atoms with Crippen LogP contribution in [0.2, 0.25) is 0 Å². The lowest BCUT2D eigenvalue weighted by Gasteiger charge is -2.01. The zero-order valence-electron chi connectivity index (χ0n) is 9.57. The highest BCUT2D eigenvalue weighted by Gasteiger charge is 2.11. The van der Waals surface area contributed by atoms with E-state index in [4.69, 9.17) is 0 Å². The van der Waals surface area contributed by atoms with Gasteiger partial charge in [-0.3, -0.25) is 9.59 Å². The maximum absolute atomic E-state index is 12.0. The summed E-state index contributed by atoms with van der Waals surface area (Å²) in [4.78, 5) is 26.0. The predicted molar refractivity (Wildman–Crippen MR) is 66.3 cm³/mol. The molecule has 0 spiro atoms. The molecule has 0 bridgehead atoms. The van der Waals surface area contributed by atoms with Gasteiger partial charge in [-0.2, -0.15) is 0 Å². The fourth-order valence-electron chi connectivity index (χ4n) is 1.65. The van der Waals surface area contributed by atoms with Crippen molar-refractivity contribution in [3.63, 3.8) is 0 Å². The van der Waals surface area contributed by atoms with Gasteiger partial charge in [0.15, 0.2) is 5.78 Å². The third kappa shape index (κ3) is 2.33. The van der Waals surface area contributed by atoms with Gasteiger partial charge in [-0.25, -0.2) is 0 Å². The molecule has 0 amide bonds. The van der Waals surface area contributed by atoms with E-state index in [0.29, 0.717) is 5.56 Å². The Morgan fingerprint density at radius 1 is 1.18 bits per heavy atom. The quantitative estimate of drug-likeness (QED) is 0.817. The minimum Gasteiger partial charge on any atom is -0.328 e. The highest BCUT2D eigenvalue weighted by molar-refractivity contribution is 6.08. The summed E-state index contributed by atoms with van der Waals surface area (Å²) in [6.45, 7) is 2.05. The summed E-state index contributed by atoms with van der Waals surface area (Å²) >= 11 is 0. The average Bonchev–Trinajstić information content (AvgIpc) is 2.39. The molecule has 3 nitrogen and oxygen atoms in total. The molecule has 1 aromatic carbocycles. The fourth-order valence-corrected chi connectivity index (χ4v) is 1.65. The van der Waals surface area contributed by atoms with Crippen LogP contribution in [0.25, 0.3) is 0 Å². The number of aromatic amines is 1. The third-order valence-corrected chi connectivity index (χ3v) is 2.69. The van der Waals surface area contributed by atoms with Crippen LogP contribution in [0.5, 0.6) is 0 Å². The van der Waals surface area contributed by atoms with Gasteiger partial charge in [0.05, 0.1) is 5.56 Å². The van der Waals surface area contributed by atoms with Gasteiger partial charge >= 0.3 is 0 Å². The van der Waals surface area contributed by atoms with Crippen molar-refractivity contribution in [1.29, 1.82) is 0 Å². The molecule has 0 aliphatic rings. The van der Waals surface area contributed by atoms with Gasteiger partial charge in [0.1, 0.15) is 0 Å². The Morgan fingerprint density at radius 3 is 2.47 bits per heavy atom. The molecular weight excluding hydrogens is 214 g/mol. The van der Waals surface area contributed by atoms with Gasteiger partial charge in [-0.05, 0) is 24.1 Å². The SMILES string of the molecule is CCc1ccc(C(=O)c2ccc[nH]c2=O)cc1. The molecule has 0 saturated heterocycles. The van der Waals surface area contributed by atoms with E-state index in [1.165, 1.54) is 17.8 Å². The Hall–Kier alpha value is -2.16. The standard InChI is InChI=1S/C14H13NO2/c1-2-10-5-7-11(8-6-10)13(16)12-4-3-9-15-14(12)17/h3-9H,2H2,1H3,(H,15,17). The first-order valence-corrected chi connectivity index (χ1v) is 5.53. The molecule has 2 aromatic rings. The van der Waals surface area contributed by atoms with E-state index in [2.05, 4.69) is 11.9 Å². The summed E-state index contributed by atoms with van der Waals surface area (Å²) in [7, 11) is 0. The highest BCUT2D eigenvalue weighted by Crippen LogP contribution is 2.08. The monoisotopic (exact) mass is 227 g/mol. The Kier molecular flexibility index (Phi) is 3.19. The van der Waals surface area contributed by atoms with Crippen LogP contribution in [-0.4, -0.2) is 10.8 Å². The van der Waals surface area contributed by atoms with Crippen LogP contribution in [0.3, 0.4) is 0 Å². The van der Waals surface area contributed by atoms with Crippen molar-refractivity contribution >= 4 is 5.78 Å². The molecular formula is C14H13NO2. The van der Waals surface area contributed by atoms with Crippen molar-refractivity contribution in [3.05, 3.63) is 69.6 Å². The molecule has 1 heterocycles. The fraction of sp³-hybridized carbons (Fsp3) is 0.143. The molecule has 0 radical (unpaired) electrons. The van der Waals surface area contributed by atoms with Crippen LogP contribution >= 0.6 is 0 Å². The zero-order valence-corrected chi connectivity index (χ0v) is 9.57. The predicted octanol–water partition coefficient (Wildman–Crippen LogP) is 2.17. The van der Waals surface area contributed by atoms with E-state index >= 15 is 0 Å². The van der Waals surface area contributed by atoms with Crippen molar-refractivity contribution in [2.24, 2.45) is 0 Å². The number of ketones is 1. The van der Waals surface area contributed by atoms with E-state index < -0.39 is 0 Å². The smallest absolute Gasteiger partial charge is 0.259 e. The number of hydrogen-bond donors (Lipinski definition) is 1. The molecule has 17 heavy (non-hydrogen) atoms. The van der Waals surface area contributed by atoms with Crippen molar-refractivity contribution < 1.29 is 4.79 Å². The van der Waals surface area contributed by atoms with Gasteiger partial charge in [-0.1, -0.05) is 31.2 Å². The maximum Gasteiger partial charge on any atom is 0.259 e. The van der Waals surface area contributed by atoms with Crippen LogP contribution in [0.15, 0.2) is 47.4 Å². The number of nitrogens with one attached hydrogen (secondary N) is 1. The molecule has 0 saturated carbocycles. The van der Waals surface area contributed by atoms with Crippen LogP contribution in [0.1, 0.15) is 28.4 Å². The Morgan fingerprint density at radius 2 is 1.88 bits per heavy atom. The second kappa shape index (κ2) is 4.78. The van der Waals surface area contributed by atoms with Crippen LogP contribution in [0, 0.1) is 0 Å². The number of H-pyrrole nitrogens is 1. The van der Waals surface area contributed by atoms with Crippen molar-refractivity contribution in [3.8, 4) is 0 Å². The Bertz CT molecular complexity index is 582. The molecule has 0 unspecified atom stereocenters. The summed E-state index contributed by atoms with van der Waals surface area (Å²) in [6, 6.07) is 10.5. The third-order valence-electron chi connectivity index (χ3n) is 2.69. The maximum atomic E-state index is 12.0. The topological polar surface area (TPSA) is 49.9 Å². The number of rotatable bonds is 3. The Labute approximate surface area is 99.1 Å². The molecule has 0 aliphatic carbocycles. The molecule has 86 valence electrons. The second-order valence-corrected chi connectivity index (χ2v) is 3.79. The molecule has 0 atom stereocenters. The lowest BCUT2D eigenvalue weighted by molar-refractivity contribution is 0.103. The number of aromatic nitrogens is 1. The lowest BCUT2D eigenvalue weighted by Crippen LogP contribution is -2.17. The molecule has 0 aliphatic heterocycles. The van der Waals surface area contributed by atoms with E-state index in [1.807, 2.05) is 12.1 Å². The Balaban J connectivity index is 2.37. The zero-order chi connectivity index (χ0) is 12.3. The summed E-state index contributed by atoms with van der Waals surface area (Å²) < 4.78 is 0.